The average Bonchev–Trinajstić information content (AvgIpc) is 2.34. The quantitative estimate of drug-likeness (QED) is 0.703. The van der Waals surface area contributed by atoms with Gasteiger partial charge in [0.25, 0.3) is 0 Å². The standard InChI is InChI=1S/C14H27N3O2/c1-10(2)16-8-4-5-13(18)17-9-12(14(15)19)7-6-11(17)3/h10-12,16H,4-9H2,1-3H3,(H2,15,19). The Hall–Kier alpha value is -1.10. The summed E-state index contributed by atoms with van der Waals surface area (Å²) < 4.78 is 0. The molecule has 5 heteroatoms. The molecule has 1 rings (SSSR count). The summed E-state index contributed by atoms with van der Waals surface area (Å²) in [6.45, 7) is 7.57. The van der Waals surface area contributed by atoms with Crippen LogP contribution in [0.25, 0.3) is 0 Å². The van der Waals surface area contributed by atoms with Crippen LogP contribution in [0.2, 0.25) is 0 Å². The summed E-state index contributed by atoms with van der Waals surface area (Å²) in [5.74, 6) is -0.316. The summed E-state index contributed by atoms with van der Waals surface area (Å²) in [4.78, 5) is 25.2. The molecule has 1 saturated heterocycles. The van der Waals surface area contributed by atoms with Crippen molar-refractivity contribution in [2.75, 3.05) is 13.1 Å². The lowest BCUT2D eigenvalue weighted by Gasteiger charge is -2.37. The Morgan fingerprint density at radius 2 is 2.05 bits per heavy atom. The highest BCUT2D eigenvalue weighted by Gasteiger charge is 2.31. The topological polar surface area (TPSA) is 75.4 Å². The van der Waals surface area contributed by atoms with Crippen LogP contribution < -0.4 is 11.1 Å². The number of likely N-dealkylation sites (tertiary alicyclic amines) is 1. The summed E-state index contributed by atoms with van der Waals surface area (Å²) in [5.41, 5.74) is 5.34. The molecule has 0 radical (unpaired) electrons. The number of carbonyl (C=O) groups excluding carboxylic acids is 2. The molecule has 5 nitrogen and oxygen atoms in total. The summed E-state index contributed by atoms with van der Waals surface area (Å²) >= 11 is 0. The Morgan fingerprint density at radius 3 is 2.63 bits per heavy atom. The molecular weight excluding hydrogens is 242 g/mol. The molecule has 19 heavy (non-hydrogen) atoms. The molecule has 0 spiro atoms. The summed E-state index contributed by atoms with van der Waals surface area (Å²) in [6, 6.07) is 0.671. The molecule has 3 N–H and O–H groups in total. The Morgan fingerprint density at radius 1 is 1.37 bits per heavy atom. The molecule has 110 valence electrons. The Bertz CT molecular complexity index is 318. The minimum atomic E-state index is -0.286. The molecular formula is C14H27N3O2. The monoisotopic (exact) mass is 269 g/mol. The molecule has 2 unspecified atom stereocenters. The Labute approximate surface area is 115 Å². The number of carbonyl (C=O) groups is 2. The van der Waals surface area contributed by atoms with E-state index in [2.05, 4.69) is 19.2 Å². The van der Waals surface area contributed by atoms with E-state index in [1.54, 1.807) is 0 Å². The van der Waals surface area contributed by atoms with Crippen LogP contribution in [0.15, 0.2) is 0 Å². The van der Waals surface area contributed by atoms with Crippen LogP contribution in [-0.4, -0.2) is 41.9 Å². The van der Waals surface area contributed by atoms with E-state index in [0.29, 0.717) is 19.0 Å². The zero-order valence-electron chi connectivity index (χ0n) is 12.3. The maximum absolute atomic E-state index is 12.2. The first kappa shape index (κ1) is 16.0. The predicted octanol–water partition coefficient (Wildman–Crippen LogP) is 0.877. The molecule has 0 saturated carbocycles. The van der Waals surface area contributed by atoms with Crippen molar-refractivity contribution in [1.29, 1.82) is 0 Å². The number of piperidine rings is 1. The van der Waals surface area contributed by atoms with Crippen molar-refractivity contribution in [3.05, 3.63) is 0 Å². The third-order valence-electron chi connectivity index (χ3n) is 3.72. The van der Waals surface area contributed by atoms with Crippen LogP contribution in [0.3, 0.4) is 0 Å². The first-order valence-electron chi connectivity index (χ1n) is 7.24. The normalized spacial score (nSPS) is 23.7. The number of rotatable bonds is 6. The van der Waals surface area contributed by atoms with Crippen LogP contribution in [-0.2, 0) is 9.59 Å². The summed E-state index contributed by atoms with van der Waals surface area (Å²) in [6.07, 6.45) is 3.04. The number of nitrogens with two attached hydrogens (primary N) is 1. The molecule has 0 aromatic heterocycles. The van der Waals surface area contributed by atoms with Crippen LogP contribution in [0.1, 0.15) is 46.5 Å². The van der Waals surface area contributed by atoms with Gasteiger partial charge in [-0.25, -0.2) is 0 Å². The van der Waals surface area contributed by atoms with Gasteiger partial charge in [-0.15, -0.1) is 0 Å². The van der Waals surface area contributed by atoms with Crippen molar-refractivity contribution >= 4 is 11.8 Å². The van der Waals surface area contributed by atoms with E-state index < -0.39 is 0 Å². The highest BCUT2D eigenvalue weighted by molar-refractivity contribution is 5.80. The van der Waals surface area contributed by atoms with Gasteiger partial charge >= 0.3 is 0 Å². The zero-order valence-corrected chi connectivity index (χ0v) is 12.3. The van der Waals surface area contributed by atoms with Gasteiger partial charge in [-0.05, 0) is 32.7 Å². The number of hydrogen-bond acceptors (Lipinski definition) is 3. The highest BCUT2D eigenvalue weighted by Crippen LogP contribution is 2.22. The van der Waals surface area contributed by atoms with E-state index in [0.717, 1.165) is 25.8 Å². The third kappa shape index (κ3) is 5.19. The van der Waals surface area contributed by atoms with Crippen LogP contribution >= 0.6 is 0 Å². The maximum atomic E-state index is 12.2. The smallest absolute Gasteiger partial charge is 0.222 e. The minimum absolute atomic E-state index is 0.143. The predicted molar refractivity (Wildman–Crippen MR) is 75.5 cm³/mol. The summed E-state index contributed by atoms with van der Waals surface area (Å²) in [5, 5.41) is 3.30. The third-order valence-corrected chi connectivity index (χ3v) is 3.72. The van der Waals surface area contributed by atoms with Gasteiger partial charge in [-0.3, -0.25) is 9.59 Å². The van der Waals surface area contributed by atoms with Gasteiger partial charge in [0.05, 0.1) is 5.92 Å². The first-order chi connectivity index (χ1) is 8.91. The van der Waals surface area contributed by atoms with E-state index in [-0.39, 0.29) is 23.8 Å². The molecule has 0 aromatic rings. The van der Waals surface area contributed by atoms with Crippen LogP contribution in [0.5, 0.6) is 0 Å². The van der Waals surface area contributed by atoms with E-state index in [9.17, 15) is 9.59 Å². The number of nitrogens with zero attached hydrogens (tertiary/aromatic N) is 1. The van der Waals surface area contributed by atoms with Gasteiger partial charge in [0.2, 0.25) is 11.8 Å². The van der Waals surface area contributed by atoms with Crippen molar-refractivity contribution in [2.45, 2.75) is 58.5 Å². The number of nitrogens with one attached hydrogen (secondary N) is 1. The average molecular weight is 269 g/mol. The van der Waals surface area contributed by atoms with Crippen LogP contribution in [0, 0.1) is 5.92 Å². The number of primary amides is 1. The van der Waals surface area contributed by atoms with E-state index in [1.807, 2.05) is 11.8 Å². The van der Waals surface area contributed by atoms with Crippen molar-refractivity contribution in [1.82, 2.24) is 10.2 Å². The molecule has 2 amide bonds. The largest absolute Gasteiger partial charge is 0.369 e. The lowest BCUT2D eigenvalue weighted by atomic mass is 9.92. The fourth-order valence-electron chi connectivity index (χ4n) is 2.46. The summed E-state index contributed by atoms with van der Waals surface area (Å²) in [7, 11) is 0. The van der Waals surface area contributed by atoms with E-state index in [4.69, 9.17) is 5.73 Å². The number of hydrogen-bond donors (Lipinski definition) is 2. The second-order valence-electron chi connectivity index (χ2n) is 5.78. The fourth-order valence-corrected chi connectivity index (χ4v) is 2.46. The van der Waals surface area contributed by atoms with Crippen LogP contribution in [0.4, 0.5) is 0 Å². The molecule has 0 aliphatic carbocycles. The second kappa shape index (κ2) is 7.48. The Balaban J connectivity index is 2.38. The molecule has 2 atom stereocenters. The van der Waals surface area contributed by atoms with Gasteiger partial charge in [0.15, 0.2) is 0 Å². The Kier molecular flexibility index (Phi) is 6.28. The molecule has 1 fully saturated rings. The lowest BCUT2D eigenvalue weighted by molar-refractivity contribution is -0.137. The van der Waals surface area contributed by atoms with Crippen molar-refractivity contribution in [2.24, 2.45) is 11.7 Å². The zero-order chi connectivity index (χ0) is 14.4. The fraction of sp³-hybridized carbons (Fsp3) is 0.857. The first-order valence-corrected chi connectivity index (χ1v) is 7.24. The van der Waals surface area contributed by atoms with Gasteiger partial charge in [-0.1, -0.05) is 13.8 Å². The van der Waals surface area contributed by atoms with Gasteiger partial charge in [0, 0.05) is 25.0 Å². The minimum Gasteiger partial charge on any atom is -0.369 e. The van der Waals surface area contributed by atoms with E-state index >= 15 is 0 Å². The van der Waals surface area contributed by atoms with Gasteiger partial charge in [0.1, 0.15) is 0 Å². The molecule has 1 aliphatic heterocycles. The van der Waals surface area contributed by atoms with Crippen molar-refractivity contribution < 1.29 is 9.59 Å². The SMILES string of the molecule is CC(C)NCCCC(=O)N1CC(C(N)=O)CCC1C. The lowest BCUT2D eigenvalue weighted by Crippen LogP contribution is -2.48. The molecule has 0 aromatic carbocycles. The van der Waals surface area contributed by atoms with Crippen molar-refractivity contribution in [3.63, 3.8) is 0 Å². The second-order valence-corrected chi connectivity index (χ2v) is 5.78. The molecule has 1 aliphatic rings. The number of amides is 2. The molecule has 0 bridgehead atoms. The highest BCUT2D eigenvalue weighted by atomic mass is 16.2. The maximum Gasteiger partial charge on any atom is 0.222 e. The van der Waals surface area contributed by atoms with Gasteiger partial charge in [-0.2, -0.15) is 0 Å². The van der Waals surface area contributed by atoms with Gasteiger partial charge < -0.3 is 16.0 Å². The molecule has 1 heterocycles. The van der Waals surface area contributed by atoms with E-state index in [1.165, 1.54) is 0 Å². The van der Waals surface area contributed by atoms with Crippen molar-refractivity contribution in [3.8, 4) is 0 Å².